The van der Waals surface area contributed by atoms with E-state index in [4.69, 9.17) is 9.26 Å². The van der Waals surface area contributed by atoms with Crippen LogP contribution in [0.4, 0.5) is 19.0 Å². The van der Waals surface area contributed by atoms with Crippen molar-refractivity contribution in [2.24, 2.45) is 5.10 Å². The molecule has 0 spiro atoms. The molecule has 2 rings (SSSR count). The third-order valence-corrected chi connectivity index (χ3v) is 3.95. The molecule has 10 heteroatoms. The summed E-state index contributed by atoms with van der Waals surface area (Å²) >= 11 is 0. The van der Waals surface area contributed by atoms with Crippen LogP contribution in [0.1, 0.15) is 35.5 Å². The Morgan fingerprint density at radius 3 is 2.66 bits per heavy atom. The van der Waals surface area contributed by atoms with Gasteiger partial charge in [0.25, 0.3) is 5.92 Å². The number of alkyl halides is 3. The highest BCUT2D eigenvalue weighted by atomic mass is 19.3. The maximum Gasteiger partial charge on any atom is 0.295 e. The highest BCUT2D eigenvalue weighted by Gasteiger charge is 2.29. The van der Waals surface area contributed by atoms with E-state index in [0.717, 1.165) is 11.9 Å². The normalized spacial score (nSPS) is 12.8. The van der Waals surface area contributed by atoms with E-state index in [1.807, 2.05) is 6.92 Å². The van der Waals surface area contributed by atoms with Gasteiger partial charge in [-0.05, 0) is 26.3 Å². The number of allylic oxidation sites excluding steroid dienone is 2. The number of ether oxygens (including phenoxy) is 1. The van der Waals surface area contributed by atoms with Gasteiger partial charge in [0, 0.05) is 37.1 Å². The summed E-state index contributed by atoms with van der Waals surface area (Å²) in [4.78, 5) is 8.44. The molecule has 0 N–H and O–H groups in total. The van der Waals surface area contributed by atoms with E-state index in [-0.39, 0.29) is 17.9 Å². The van der Waals surface area contributed by atoms with Gasteiger partial charge >= 0.3 is 0 Å². The fourth-order valence-electron chi connectivity index (χ4n) is 2.64. The van der Waals surface area contributed by atoms with E-state index in [1.54, 1.807) is 27.0 Å². The molecule has 0 aromatic carbocycles. The van der Waals surface area contributed by atoms with E-state index in [9.17, 15) is 13.2 Å². The zero-order valence-electron chi connectivity index (χ0n) is 17.0. The summed E-state index contributed by atoms with van der Waals surface area (Å²) < 4.78 is 50.8. The van der Waals surface area contributed by atoms with Crippen molar-refractivity contribution in [1.82, 2.24) is 15.1 Å². The van der Waals surface area contributed by atoms with Crippen LogP contribution in [0, 0.1) is 13.8 Å². The quantitative estimate of drug-likeness (QED) is 0.460. The summed E-state index contributed by atoms with van der Waals surface area (Å²) in [5.74, 6) is -2.60. The Balaban J connectivity index is 2.47. The lowest BCUT2D eigenvalue weighted by molar-refractivity contribution is 0.0281. The number of halogens is 3. The van der Waals surface area contributed by atoms with E-state index in [0.29, 0.717) is 35.4 Å². The molecule has 0 saturated heterocycles. The summed E-state index contributed by atoms with van der Waals surface area (Å²) in [7, 11) is 3.08. The molecule has 2 heterocycles. The first-order valence-electron chi connectivity index (χ1n) is 8.94. The average Bonchev–Trinajstić information content (AvgIpc) is 3.07. The lowest BCUT2D eigenvalue weighted by Gasteiger charge is -2.14. The fourth-order valence-corrected chi connectivity index (χ4v) is 2.64. The number of rotatable bonds is 9. The summed E-state index contributed by atoms with van der Waals surface area (Å²) in [6.07, 6.45) is 2.15. The molecule has 0 unspecified atom stereocenters. The number of anilines is 1. The molecule has 7 nitrogen and oxygen atoms in total. The first-order valence-corrected chi connectivity index (χ1v) is 8.94. The van der Waals surface area contributed by atoms with Crippen molar-refractivity contribution >= 4 is 17.6 Å². The first-order chi connectivity index (χ1) is 13.7. The van der Waals surface area contributed by atoms with Gasteiger partial charge in [-0.15, -0.1) is 0 Å². The van der Waals surface area contributed by atoms with Crippen molar-refractivity contribution < 1.29 is 22.4 Å². The number of hydrogen-bond donors (Lipinski definition) is 0. The number of methoxy groups -OCH3 is 1. The van der Waals surface area contributed by atoms with Gasteiger partial charge in [-0.25, -0.2) is 14.4 Å². The van der Waals surface area contributed by atoms with Crippen molar-refractivity contribution in [3.05, 3.63) is 40.7 Å². The van der Waals surface area contributed by atoms with Gasteiger partial charge in [0.15, 0.2) is 18.3 Å². The molecule has 2 aromatic rings. The number of aryl methyl sites for hydroxylation is 3. The van der Waals surface area contributed by atoms with Crippen molar-refractivity contribution in [3.8, 4) is 0 Å². The van der Waals surface area contributed by atoms with E-state index in [2.05, 4.69) is 20.2 Å². The SMILES string of the molecule is CCc1noc(C(/C=N\N(C)c2cc(C)nc(C)n2)=C\C(F)(F)CF)c1COC. The monoisotopic (exact) mass is 411 g/mol. The number of aromatic nitrogens is 3. The molecule has 0 aliphatic carbocycles. The van der Waals surface area contributed by atoms with Gasteiger partial charge in [0.05, 0.1) is 18.5 Å². The Morgan fingerprint density at radius 2 is 2.07 bits per heavy atom. The smallest absolute Gasteiger partial charge is 0.295 e. The second-order valence-electron chi connectivity index (χ2n) is 6.40. The Bertz CT molecular complexity index is 876. The molecule has 0 saturated carbocycles. The second-order valence-corrected chi connectivity index (χ2v) is 6.40. The van der Waals surface area contributed by atoms with Crippen LogP contribution in [0.15, 0.2) is 21.8 Å². The van der Waals surface area contributed by atoms with Crippen molar-refractivity contribution in [3.63, 3.8) is 0 Å². The zero-order valence-corrected chi connectivity index (χ0v) is 17.0. The molecule has 0 aliphatic rings. The predicted molar refractivity (Wildman–Crippen MR) is 104 cm³/mol. The maximum absolute atomic E-state index is 13.8. The van der Waals surface area contributed by atoms with Gasteiger partial charge in [0.1, 0.15) is 5.82 Å². The molecule has 158 valence electrons. The average molecular weight is 411 g/mol. The zero-order chi connectivity index (χ0) is 21.6. The topological polar surface area (TPSA) is 76.6 Å². The molecular weight excluding hydrogens is 387 g/mol. The highest BCUT2D eigenvalue weighted by molar-refractivity contribution is 6.09. The number of nitrogens with zero attached hydrogens (tertiary/aromatic N) is 5. The van der Waals surface area contributed by atoms with E-state index in [1.165, 1.54) is 12.1 Å². The minimum atomic E-state index is -3.69. The number of hydrazone groups is 1. The summed E-state index contributed by atoms with van der Waals surface area (Å²) in [6.45, 7) is 3.65. The Kier molecular flexibility index (Phi) is 7.49. The lowest BCUT2D eigenvalue weighted by Crippen LogP contribution is -2.17. The third-order valence-electron chi connectivity index (χ3n) is 3.95. The minimum absolute atomic E-state index is 0.0593. The molecule has 0 aliphatic heterocycles. The van der Waals surface area contributed by atoms with Gasteiger partial charge < -0.3 is 9.26 Å². The maximum atomic E-state index is 13.8. The summed E-state index contributed by atoms with van der Waals surface area (Å²) in [5.41, 5.74) is 1.71. The molecule has 29 heavy (non-hydrogen) atoms. The Morgan fingerprint density at radius 1 is 1.34 bits per heavy atom. The van der Waals surface area contributed by atoms with Gasteiger partial charge in [-0.1, -0.05) is 12.1 Å². The molecular formula is C19H24F3N5O2. The van der Waals surface area contributed by atoms with Crippen LogP contribution in [-0.2, 0) is 17.8 Å². The van der Waals surface area contributed by atoms with Crippen LogP contribution in [0.3, 0.4) is 0 Å². The van der Waals surface area contributed by atoms with Gasteiger partial charge in [0.2, 0.25) is 0 Å². The van der Waals surface area contributed by atoms with Crippen molar-refractivity contribution in [2.45, 2.75) is 39.7 Å². The number of hydrogen-bond acceptors (Lipinski definition) is 7. The van der Waals surface area contributed by atoms with E-state index < -0.39 is 12.6 Å². The molecule has 0 fully saturated rings. The Hall–Kier alpha value is -2.75. The predicted octanol–water partition coefficient (Wildman–Crippen LogP) is 3.90. The lowest BCUT2D eigenvalue weighted by atomic mass is 10.1. The van der Waals surface area contributed by atoms with Crippen LogP contribution in [0.5, 0.6) is 0 Å². The molecule has 0 radical (unpaired) electrons. The molecule has 0 amide bonds. The van der Waals surface area contributed by atoms with Crippen LogP contribution >= 0.6 is 0 Å². The van der Waals surface area contributed by atoms with Gasteiger partial charge in [-0.2, -0.15) is 13.9 Å². The van der Waals surface area contributed by atoms with Crippen LogP contribution < -0.4 is 5.01 Å². The van der Waals surface area contributed by atoms with Crippen LogP contribution in [0.25, 0.3) is 5.57 Å². The minimum Gasteiger partial charge on any atom is -0.380 e. The highest BCUT2D eigenvalue weighted by Crippen LogP contribution is 2.27. The standard InChI is InChI=1S/C19H24F3N5O2/c1-6-16-15(10-28-5)18(29-26-16)14(8-19(21,22)11-20)9-23-27(4)17-7-12(2)24-13(3)25-17/h7-9H,6,10-11H2,1-5H3/b14-8-,23-9-. The molecule has 2 aromatic heterocycles. The largest absolute Gasteiger partial charge is 0.380 e. The van der Waals surface area contributed by atoms with Crippen LogP contribution in [-0.4, -0.2) is 48.1 Å². The molecule has 0 atom stereocenters. The van der Waals surface area contributed by atoms with Crippen molar-refractivity contribution in [1.29, 1.82) is 0 Å². The summed E-state index contributed by atoms with van der Waals surface area (Å²) in [5, 5.41) is 9.48. The fraction of sp³-hybridized carbons (Fsp3) is 0.474. The van der Waals surface area contributed by atoms with E-state index >= 15 is 0 Å². The summed E-state index contributed by atoms with van der Waals surface area (Å²) in [6, 6.07) is 1.70. The van der Waals surface area contributed by atoms with Crippen LogP contribution in [0.2, 0.25) is 0 Å². The van der Waals surface area contributed by atoms with Crippen molar-refractivity contribution in [2.75, 3.05) is 25.8 Å². The second kappa shape index (κ2) is 9.64. The first kappa shape index (κ1) is 22.5. The third kappa shape index (κ3) is 5.86. The molecule has 0 bridgehead atoms. The van der Waals surface area contributed by atoms with Gasteiger partial charge in [-0.3, -0.25) is 5.01 Å². The Labute approximate surface area is 167 Å².